The molecule has 0 aromatic carbocycles. The van der Waals surface area contributed by atoms with E-state index in [1.165, 1.54) is 0 Å². The largest absolute Gasteiger partial charge is 0.480 e. The lowest BCUT2D eigenvalue weighted by Crippen LogP contribution is -2.54. The molecule has 0 unspecified atom stereocenters. The van der Waals surface area contributed by atoms with Crippen molar-refractivity contribution in [2.75, 3.05) is 26.2 Å². The highest BCUT2D eigenvalue weighted by atomic mass is 16.4. The molecule has 1 amide bonds. The number of aliphatic carboxylic acids is 1. The number of hydrogen-bond acceptors (Lipinski definition) is 3. The van der Waals surface area contributed by atoms with E-state index in [0.717, 1.165) is 0 Å². The molecule has 80 valence electrons. The molecule has 0 aromatic heterocycles. The number of carbonyl (C=O) groups is 2. The number of piperazine rings is 1. The first kappa shape index (κ1) is 11.0. The Hall–Kier alpha value is -1.10. The van der Waals surface area contributed by atoms with Crippen molar-refractivity contribution in [3.05, 3.63) is 0 Å². The van der Waals surface area contributed by atoms with E-state index >= 15 is 0 Å². The maximum absolute atomic E-state index is 11.1. The Labute approximate surface area is 83.3 Å². The molecular weight excluding hydrogens is 184 g/mol. The predicted molar refractivity (Wildman–Crippen MR) is 50.9 cm³/mol. The minimum Gasteiger partial charge on any atom is -0.480 e. The Morgan fingerprint density at radius 3 is 2.50 bits per heavy atom. The van der Waals surface area contributed by atoms with E-state index in [1.54, 1.807) is 11.8 Å². The van der Waals surface area contributed by atoms with Crippen LogP contribution in [0.3, 0.4) is 0 Å². The fourth-order valence-electron chi connectivity index (χ4n) is 1.69. The van der Waals surface area contributed by atoms with Crippen LogP contribution in [0, 0.1) is 0 Å². The van der Waals surface area contributed by atoms with E-state index < -0.39 is 5.97 Å². The number of carboxylic acid groups (broad SMARTS) is 1. The summed E-state index contributed by atoms with van der Waals surface area (Å²) in [4.78, 5) is 25.2. The molecule has 14 heavy (non-hydrogen) atoms. The Bertz CT molecular complexity index is 242. The quantitative estimate of drug-likeness (QED) is 0.660. The summed E-state index contributed by atoms with van der Waals surface area (Å²) in [6.45, 7) is 5.45. The van der Waals surface area contributed by atoms with Gasteiger partial charge in [-0.05, 0) is 6.92 Å². The molecule has 0 aromatic rings. The van der Waals surface area contributed by atoms with Crippen molar-refractivity contribution in [3.63, 3.8) is 0 Å². The molecule has 1 heterocycles. The standard InChI is InChI=1S/C9H16N2O3/c1-7-5-11(8(2)12)4-3-10(7)6-9(13)14/h7H,3-6H2,1-2H3,(H,13,14)/t7-/m1/s1. The number of nitrogens with zero attached hydrogens (tertiary/aromatic N) is 2. The molecule has 1 saturated heterocycles. The van der Waals surface area contributed by atoms with Crippen LogP contribution in [0.25, 0.3) is 0 Å². The van der Waals surface area contributed by atoms with Crippen LogP contribution in [0.5, 0.6) is 0 Å². The van der Waals surface area contributed by atoms with Crippen LogP contribution in [0.4, 0.5) is 0 Å². The van der Waals surface area contributed by atoms with Gasteiger partial charge in [-0.2, -0.15) is 0 Å². The molecule has 0 saturated carbocycles. The number of amides is 1. The molecule has 0 spiro atoms. The fourth-order valence-corrected chi connectivity index (χ4v) is 1.69. The Kier molecular flexibility index (Phi) is 3.46. The Morgan fingerprint density at radius 2 is 2.07 bits per heavy atom. The molecule has 5 nitrogen and oxygen atoms in total. The summed E-state index contributed by atoms with van der Waals surface area (Å²) in [6, 6.07) is 0.128. The highest BCUT2D eigenvalue weighted by Gasteiger charge is 2.25. The molecule has 1 aliphatic rings. The van der Waals surface area contributed by atoms with E-state index in [-0.39, 0.29) is 18.5 Å². The third kappa shape index (κ3) is 2.70. The normalized spacial score (nSPS) is 23.6. The minimum absolute atomic E-state index is 0.0619. The van der Waals surface area contributed by atoms with Crippen LogP contribution in [0.2, 0.25) is 0 Å². The van der Waals surface area contributed by atoms with Crippen molar-refractivity contribution >= 4 is 11.9 Å². The summed E-state index contributed by atoms with van der Waals surface area (Å²) in [7, 11) is 0. The van der Waals surface area contributed by atoms with Crippen LogP contribution in [-0.4, -0.2) is 59.0 Å². The predicted octanol–water partition coefficient (Wildman–Crippen LogP) is -0.376. The average molecular weight is 200 g/mol. The molecule has 1 N–H and O–H groups in total. The van der Waals surface area contributed by atoms with Gasteiger partial charge in [-0.1, -0.05) is 0 Å². The lowest BCUT2D eigenvalue weighted by molar-refractivity contribution is -0.140. The van der Waals surface area contributed by atoms with Gasteiger partial charge < -0.3 is 10.0 Å². The van der Waals surface area contributed by atoms with E-state index in [2.05, 4.69) is 0 Å². The van der Waals surface area contributed by atoms with Crippen LogP contribution < -0.4 is 0 Å². The summed E-state index contributed by atoms with van der Waals surface area (Å²) in [6.07, 6.45) is 0. The van der Waals surface area contributed by atoms with Crippen LogP contribution in [0.15, 0.2) is 0 Å². The topological polar surface area (TPSA) is 60.9 Å². The summed E-state index contributed by atoms with van der Waals surface area (Å²) in [5, 5.41) is 8.64. The molecule has 1 fully saturated rings. The van der Waals surface area contributed by atoms with Crippen molar-refractivity contribution in [1.29, 1.82) is 0 Å². The molecule has 0 bridgehead atoms. The second-order valence-corrected chi connectivity index (χ2v) is 3.68. The molecule has 1 aliphatic heterocycles. The summed E-state index contributed by atoms with van der Waals surface area (Å²) in [5.41, 5.74) is 0. The molecule has 0 aliphatic carbocycles. The average Bonchev–Trinajstić information content (AvgIpc) is 2.07. The van der Waals surface area contributed by atoms with Crippen LogP contribution in [-0.2, 0) is 9.59 Å². The van der Waals surface area contributed by atoms with Crippen molar-refractivity contribution in [3.8, 4) is 0 Å². The lowest BCUT2D eigenvalue weighted by atomic mass is 10.2. The van der Waals surface area contributed by atoms with Crippen molar-refractivity contribution in [2.45, 2.75) is 19.9 Å². The third-order valence-corrected chi connectivity index (χ3v) is 2.55. The van der Waals surface area contributed by atoms with Crippen LogP contribution >= 0.6 is 0 Å². The number of rotatable bonds is 2. The fraction of sp³-hybridized carbons (Fsp3) is 0.778. The molecule has 5 heteroatoms. The third-order valence-electron chi connectivity index (χ3n) is 2.55. The zero-order valence-electron chi connectivity index (χ0n) is 8.56. The van der Waals surface area contributed by atoms with Gasteiger partial charge in [-0.25, -0.2) is 0 Å². The van der Waals surface area contributed by atoms with Crippen molar-refractivity contribution in [1.82, 2.24) is 9.80 Å². The molecule has 1 atom stereocenters. The van der Waals surface area contributed by atoms with Gasteiger partial charge in [0.05, 0.1) is 6.54 Å². The monoisotopic (exact) mass is 200 g/mol. The van der Waals surface area contributed by atoms with Crippen molar-refractivity contribution in [2.24, 2.45) is 0 Å². The SMILES string of the molecule is CC(=O)N1CCN(CC(=O)O)[C@H](C)C1. The Morgan fingerprint density at radius 1 is 1.43 bits per heavy atom. The van der Waals surface area contributed by atoms with Gasteiger partial charge in [0, 0.05) is 32.6 Å². The van der Waals surface area contributed by atoms with Gasteiger partial charge >= 0.3 is 5.97 Å². The number of hydrogen-bond donors (Lipinski definition) is 1. The summed E-state index contributed by atoms with van der Waals surface area (Å²) in [5.74, 6) is -0.750. The first-order valence-corrected chi connectivity index (χ1v) is 4.72. The van der Waals surface area contributed by atoms with Gasteiger partial charge in [-0.3, -0.25) is 14.5 Å². The van der Waals surface area contributed by atoms with Gasteiger partial charge in [0.2, 0.25) is 5.91 Å². The first-order chi connectivity index (χ1) is 6.50. The van der Waals surface area contributed by atoms with Gasteiger partial charge in [0.1, 0.15) is 0 Å². The summed E-state index contributed by atoms with van der Waals surface area (Å²) >= 11 is 0. The first-order valence-electron chi connectivity index (χ1n) is 4.72. The molecule has 0 radical (unpaired) electrons. The van der Waals surface area contributed by atoms with E-state index in [0.29, 0.717) is 19.6 Å². The number of carboxylic acids is 1. The Balaban J connectivity index is 2.47. The van der Waals surface area contributed by atoms with Crippen molar-refractivity contribution < 1.29 is 14.7 Å². The van der Waals surface area contributed by atoms with E-state index in [4.69, 9.17) is 5.11 Å². The van der Waals surface area contributed by atoms with Gasteiger partial charge in [-0.15, -0.1) is 0 Å². The maximum atomic E-state index is 11.1. The highest BCUT2D eigenvalue weighted by molar-refractivity contribution is 5.73. The second kappa shape index (κ2) is 4.41. The smallest absolute Gasteiger partial charge is 0.317 e. The van der Waals surface area contributed by atoms with Crippen LogP contribution in [0.1, 0.15) is 13.8 Å². The highest BCUT2D eigenvalue weighted by Crippen LogP contribution is 2.08. The zero-order chi connectivity index (χ0) is 10.7. The molecular formula is C9H16N2O3. The molecule has 1 rings (SSSR count). The number of carbonyl (C=O) groups excluding carboxylic acids is 1. The summed E-state index contributed by atoms with van der Waals surface area (Å²) < 4.78 is 0. The minimum atomic E-state index is -0.812. The van der Waals surface area contributed by atoms with Gasteiger partial charge in [0.25, 0.3) is 0 Å². The lowest BCUT2D eigenvalue weighted by Gasteiger charge is -2.38. The van der Waals surface area contributed by atoms with E-state index in [1.807, 2.05) is 11.8 Å². The zero-order valence-corrected chi connectivity index (χ0v) is 8.56. The van der Waals surface area contributed by atoms with Gasteiger partial charge in [0.15, 0.2) is 0 Å². The maximum Gasteiger partial charge on any atom is 0.317 e. The second-order valence-electron chi connectivity index (χ2n) is 3.68. The van der Waals surface area contributed by atoms with E-state index in [9.17, 15) is 9.59 Å².